The van der Waals surface area contributed by atoms with Crippen molar-refractivity contribution in [2.75, 3.05) is 13.6 Å². The van der Waals surface area contributed by atoms with Crippen molar-refractivity contribution in [1.29, 1.82) is 0 Å². The van der Waals surface area contributed by atoms with Gasteiger partial charge in [0.25, 0.3) is 0 Å². The zero-order valence-corrected chi connectivity index (χ0v) is 13.7. The molecule has 0 spiro atoms. The van der Waals surface area contributed by atoms with Crippen molar-refractivity contribution < 1.29 is 4.79 Å². The molecule has 0 aliphatic heterocycles. The molecule has 0 aliphatic carbocycles. The van der Waals surface area contributed by atoms with Gasteiger partial charge in [-0.2, -0.15) is 0 Å². The fourth-order valence-corrected chi connectivity index (χ4v) is 2.57. The average molecular weight is 317 g/mol. The van der Waals surface area contributed by atoms with E-state index in [4.69, 9.17) is 11.6 Å². The number of hydrogen-bond donors (Lipinski definition) is 1. The van der Waals surface area contributed by atoms with Gasteiger partial charge in [0.15, 0.2) is 0 Å². The Morgan fingerprint density at radius 3 is 2.59 bits per heavy atom. The van der Waals surface area contributed by atoms with E-state index >= 15 is 0 Å². The number of nitrogens with one attached hydrogen (secondary N) is 1. The Bertz CT molecular complexity index is 615. The standard InChI is InChI=1S/C18H21ClN2O/c1-14(16-8-4-3-5-9-16)20-18(22)13-21(2)12-15-7-6-10-17(19)11-15/h3-11,14H,12-13H2,1-2H3,(H,20,22)/t14-/m1/s1. The summed E-state index contributed by atoms with van der Waals surface area (Å²) in [6.45, 7) is 3.03. The predicted molar refractivity (Wildman–Crippen MR) is 90.8 cm³/mol. The van der Waals surface area contributed by atoms with Gasteiger partial charge >= 0.3 is 0 Å². The lowest BCUT2D eigenvalue weighted by atomic mass is 10.1. The SMILES string of the molecule is C[C@@H](NC(=O)CN(C)Cc1cccc(Cl)c1)c1ccccc1. The van der Waals surface area contributed by atoms with Crippen LogP contribution in [-0.2, 0) is 11.3 Å². The number of rotatable bonds is 6. The van der Waals surface area contributed by atoms with Gasteiger partial charge in [0.05, 0.1) is 12.6 Å². The molecule has 1 amide bonds. The fourth-order valence-electron chi connectivity index (χ4n) is 2.36. The highest BCUT2D eigenvalue weighted by atomic mass is 35.5. The minimum Gasteiger partial charge on any atom is -0.348 e. The second kappa shape index (κ2) is 7.97. The van der Waals surface area contributed by atoms with E-state index in [-0.39, 0.29) is 11.9 Å². The summed E-state index contributed by atoms with van der Waals surface area (Å²) in [5.74, 6) is 0.0147. The number of likely N-dealkylation sites (N-methyl/N-ethyl adjacent to an activating group) is 1. The van der Waals surface area contributed by atoms with Gasteiger partial charge in [0, 0.05) is 11.6 Å². The van der Waals surface area contributed by atoms with E-state index in [0.717, 1.165) is 11.1 Å². The Balaban J connectivity index is 1.84. The first-order chi connectivity index (χ1) is 10.5. The van der Waals surface area contributed by atoms with E-state index in [1.807, 2.05) is 73.5 Å². The summed E-state index contributed by atoms with van der Waals surface area (Å²) in [6, 6.07) is 17.6. The molecule has 0 bridgehead atoms. The van der Waals surface area contributed by atoms with Crippen LogP contribution < -0.4 is 5.32 Å². The number of benzene rings is 2. The molecule has 2 aromatic rings. The predicted octanol–water partition coefficient (Wildman–Crippen LogP) is 3.65. The van der Waals surface area contributed by atoms with Gasteiger partial charge in [-0.1, -0.05) is 54.1 Å². The van der Waals surface area contributed by atoms with E-state index in [2.05, 4.69) is 5.32 Å². The summed E-state index contributed by atoms with van der Waals surface area (Å²) in [6.07, 6.45) is 0. The van der Waals surface area contributed by atoms with Crippen LogP contribution in [-0.4, -0.2) is 24.4 Å². The van der Waals surface area contributed by atoms with Crippen LogP contribution >= 0.6 is 11.6 Å². The Kier molecular flexibility index (Phi) is 5.99. The zero-order chi connectivity index (χ0) is 15.9. The third kappa shape index (κ3) is 5.17. The minimum absolute atomic E-state index is 0.00766. The molecule has 22 heavy (non-hydrogen) atoms. The molecular weight excluding hydrogens is 296 g/mol. The highest BCUT2D eigenvalue weighted by Crippen LogP contribution is 2.13. The maximum atomic E-state index is 12.1. The smallest absolute Gasteiger partial charge is 0.234 e. The van der Waals surface area contributed by atoms with Crippen molar-refractivity contribution in [1.82, 2.24) is 10.2 Å². The van der Waals surface area contributed by atoms with Crippen molar-refractivity contribution in [2.24, 2.45) is 0 Å². The van der Waals surface area contributed by atoms with Crippen LogP contribution in [0, 0.1) is 0 Å². The third-order valence-corrected chi connectivity index (χ3v) is 3.67. The summed E-state index contributed by atoms with van der Waals surface area (Å²) in [7, 11) is 1.92. The Labute approximate surface area is 136 Å². The van der Waals surface area contributed by atoms with Crippen LogP contribution in [0.4, 0.5) is 0 Å². The van der Waals surface area contributed by atoms with Crippen molar-refractivity contribution in [2.45, 2.75) is 19.5 Å². The normalized spacial score (nSPS) is 12.2. The van der Waals surface area contributed by atoms with Crippen LogP contribution in [0.1, 0.15) is 24.1 Å². The quantitative estimate of drug-likeness (QED) is 0.882. The van der Waals surface area contributed by atoms with Gasteiger partial charge < -0.3 is 5.32 Å². The van der Waals surface area contributed by atoms with Gasteiger partial charge in [0.1, 0.15) is 0 Å². The van der Waals surface area contributed by atoms with E-state index in [9.17, 15) is 4.79 Å². The van der Waals surface area contributed by atoms with Crippen molar-refractivity contribution >= 4 is 17.5 Å². The van der Waals surface area contributed by atoms with Gasteiger partial charge in [-0.15, -0.1) is 0 Å². The number of nitrogens with zero attached hydrogens (tertiary/aromatic N) is 1. The van der Waals surface area contributed by atoms with E-state index in [1.54, 1.807) is 0 Å². The van der Waals surface area contributed by atoms with E-state index < -0.39 is 0 Å². The molecular formula is C18H21ClN2O. The van der Waals surface area contributed by atoms with E-state index in [1.165, 1.54) is 0 Å². The molecule has 4 heteroatoms. The maximum absolute atomic E-state index is 12.1. The van der Waals surface area contributed by atoms with Crippen LogP contribution in [0.2, 0.25) is 5.02 Å². The summed E-state index contributed by atoms with van der Waals surface area (Å²) in [5.41, 5.74) is 2.20. The largest absolute Gasteiger partial charge is 0.348 e. The average Bonchev–Trinajstić information content (AvgIpc) is 2.47. The van der Waals surface area contributed by atoms with Crippen LogP contribution in [0.15, 0.2) is 54.6 Å². The van der Waals surface area contributed by atoms with Crippen molar-refractivity contribution in [3.8, 4) is 0 Å². The molecule has 1 N–H and O–H groups in total. The van der Waals surface area contributed by atoms with Crippen LogP contribution in [0.3, 0.4) is 0 Å². The Morgan fingerprint density at radius 1 is 1.18 bits per heavy atom. The third-order valence-electron chi connectivity index (χ3n) is 3.43. The lowest BCUT2D eigenvalue weighted by molar-refractivity contribution is -0.122. The second-order valence-electron chi connectivity index (χ2n) is 5.50. The lowest BCUT2D eigenvalue weighted by Crippen LogP contribution is -2.36. The molecule has 2 aromatic carbocycles. The van der Waals surface area contributed by atoms with Gasteiger partial charge in [-0.05, 0) is 37.2 Å². The number of amides is 1. The summed E-state index contributed by atoms with van der Waals surface area (Å²) in [4.78, 5) is 14.1. The van der Waals surface area contributed by atoms with Crippen LogP contribution in [0.5, 0.6) is 0 Å². The minimum atomic E-state index is 0.00766. The number of hydrogen-bond acceptors (Lipinski definition) is 2. The molecule has 0 fully saturated rings. The lowest BCUT2D eigenvalue weighted by Gasteiger charge is -2.19. The van der Waals surface area contributed by atoms with Gasteiger partial charge in [0.2, 0.25) is 5.91 Å². The molecule has 1 atom stereocenters. The van der Waals surface area contributed by atoms with Gasteiger partial charge in [-0.3, -0.25) is 9.69 Å². The van der Waals surface area contributed by atoms with Crippen molar-refractivity contribution in [3.05, 3.63) is 70.7 Å². The van der Waals surface area contributed by atoms with Gasteiger partial charge in [-0.25, -0.2) is 0 Å². The molecule has 0 radical (unpaired) electrons. The maximum Gasteiger partial charge on any atom is 0.234 e. The molecule has 0 aromatic heterocycles. The number of carbonyl (C=O) groups is 1. The highest BCUT2D eigenvalue weighted by molar-refractivity contribution is 6.30. The zero-order valence-electron chi connectivity index (χ0n) is 12.9. The molecule has 0 saturated heterocycles. The summed E-state index contributed by atoms with van der Waals surface area (Å²) >= 11 is 5.97. The topological polar surface area (TPSA) is 32.3 Å². The first-order valence-electron chi connectivity index (χ1n) is 7.32. The number of halogens is 1. The molecule has 0 unspecified atom stereocenters. The monoisotopic (exact) mass is 316 g/mol. The first kappa shape index (κ1) is 16.5. The summed E-state index contributed by atoms with van der Waals surface area (Å²) in [5, 5.41) is 3.73. The fraction of sp³-hybridized carbons (Fsp3) is 0.278. The Morgan fingerprint density at radius 2 is 1.91 bits per heavy atom. The van der Waals surface area contributed by atoms with Crippen LogP contribution in [0.25, 0.3) is 0 Å². The highest BCUT2D eigenvalue weighted by Gasteiger charge is 2.11. The molecule has 116 valence electrons. The Hall–Kier alpha value is -1.84. The molecule has 0 heterocycles. The molecule has 0 saturated carbocycles. The first-order valence-corrected chi connectivity index (χ1v) is 7.69. The number of carbonyl (C=O) groups excluding carboxylic acids is 1. The summed E-state index contributed by atoms with van der Waals surface area (Å²) < 4.78 is 0. The molecule has 0 aliphatic rings. The van der Waals surface area contributed by atoms with E-state index in [0.29, 0.717) is 18.1 Å². The molecule has 3 nitrogen and oxygen atoms in total. The second-order valence-corrected chi connectivity index (χ2v) is 5.94. The van der Waals surface area contributed by atoms with Crippen molar-refractivity contribution in [3.63, 3.8) is 0 Å². The molecule has 2 rings (SSSR count).